The second kappa shape index (κ2) is 5.76. The minimum atomic E-state index is 0.537. The van der Waals surface area contributed by atoms with Crippen molar-refractivity contribution in [1.29, 1.82) is 0 Å². The summed E-state index contributed by atoms with van der Waals surface area (Å²) >= 11 is 6.16. The molecular formula is C17H16ClN3O2. The van der Waals surface area contributed by atoms with E-state index in [1.54, 1.807) is 0 Å². The van der Waals surface area contributed by atoms with E-state index in [0.717, 1.165) is 34.1 Å². The molecule has 1 aliphatic heterocycles. The molecule has 6 heteroatoms. The van der Waals surface area contributed by atoms with Gasteiger partial charge in [0.05, 0.1) is 16.4 Å². The van der Waals surface area contributed by atoms with Crippen LogP contribution in [0.5, 0.6) is 11.5 Å². The van der Waals surface area contributed by atoms with E-state index < -0.39 is 0 Å². The normalized spacial score (nSPS) is 13.5. The minimum Gasteiger partial charge on any atom is -0.486 e. The standard InChI is InChI=1S/C17H16ClN3O2/c18-12-2-4-16-20-13(5-6-19)17(21(16)10-12)11-1-3-14-15(9-11)23-8-7-22-14/h1-4,9-10H,5-8,19H2. The van der Waals surface area contributed by atoms with Crippen molar-refractivity contribution in [3.63, 3.8) is 0 Å². The van der Waals surface area contributed by atoms with Crippen molar-refractivity contribution < 1.29 is 9.47 Å². The van der Waals surface area contributed by atoms with Crippen molar-refractivity contribution in [1.82, 2.24) is 9.38 Å². The lowest BCUT2D eigenvalue weighted by molar-refractivity contribution is 0.171. The van der Waals surface area contributed by atoms with Crippen LogP contribution >= 0.6 is 11.6 Å². The molecule has 1 aliphatic rings. The summed E-state index contributed by atoms with van der Waals surface area (Å²) in [5, 5.41) is 0.660. The van der Waals surface area contributed by atoms with E-state index in [0.29, 0.717) is 31.2 Å². The van der Waals surface area contributed by atoms with Gasteiger partial charge in [0, 0.05) is 18.2 Å². The number of halogens is 1. The van der Waals surface area contributed by atoms with Crippen LogP contribution in [-0.4, -0.2) is 29.1 Å². The molecule has 0 atom stereocenters. The zero-order chi connectivity index (χ0) is 15.8. The van der Waals surface area contributed by atoms with Gasteiger partial charge in [0.25, 0.3) is 0 Å². The number of pyridine rings is 1. The summed E-state index contributed by atoms with van der Waals surface area (Å²) in [6.45, 7) is 1.68. The molecule has 4 rings (SSSR count). The molecule has 1 aromatic carbocycles. The van der Waals surface area contributed by atoms with E-state index in [1.165, 1.54) is 0 Å². The Balaban J connectivity index is 1.92. The van der Waals surface area contributed by atoms with Crippen molar-refractivity contribution >= 4 is 17.2 Å². The van der Waals surface area contributed by atoms with Gasteiger partial charge in [0.15, 0.2) is 11.5 Å². The van der Waals surface area contributed by atoms with Crippen LogP contribution in [0.25, 0.3) is 16.9 Å². The van der Waals surface area contributed by atoms with E-state index in [9.17, 15) is 0 Å². The predicted molar refractivity (Wildman–Crippen MR) is 89.4 cm³/mol. The third-order valence-electron chi connectivity index (χ3n) is 3.85. The van der Waals surface area contributed by atoms with E-state index in [1.807, 2.05) is 40.9 Å². The van der Waals surface area contributed by atoms with Crippen LogP contribution in [0.2, 0.25) is 5.02 Å². The van der Waals surface area contributed by atoms with Crippen molar-refractivity contribution in [3.8, 4) is 22.8 Å². The van der Waals surface area contributed by atoms with Gasteiger partial charge in [-0.2, -0.15) is 0 Å². The first-order chi connectivity index (χ1) is 11.3. The molecule has 5 nitrogen and oxygen atoms in total. The molecule has 3 heterocycles. The molecule has 0 aliphatic carbocycles. The van der Waals surface area contributed by atoms with E-state index in [2.05, 4.69) is 4.98 Å². The second-order valence-corrected chi connectivity index (χ2v) is 5.82. The summed E-state index contributed by atoms with van der Waals surface area (Å²) in [6, 6.07) is 9.67. The van der Waals surface area contributed by atoms with Gasteiger partial charge < -0.3 is 15.2 Å². The van der Waals surface area contributed by atoms with Crippen LogP contribution in [0.4, 0.5) is 0 Å². The van der Waals surface area contributed by atoms with Crippen LogP contribution in [0.15, 0.2) is 36.5 Å². The lowest BCUT2D eigenvalue weighted by atomic mass is 10.1. The van der Waals surface area contributed by atoms with Crippen LogP contribution in [0.1, 0.15) is 5.69 Å². The number of benzene rings is 1. The minimum absolute atomic E-state index is 0.537. The number of imidazole rings is 1. The van der Waals surface area contributed by atoms with Gasteiger partial charge in [-0.15, -0.1) is 0 Å². The Hall–Kier alpha value is -2.24. The number of hydrogen-bond donors (Lipinski definition) is 1. The first-order valence-electron chi connectivity index (χ1n) is 7.53. The number of nitrogens with zero attached hydrogens (tertiary/aromatic N) is 2. The third kappa shape index (κ3) is 2.52. The molecule has 0 unspecified atom stereocenters. The first kappa shape index (κ1) is 14.4. The molecule has 2 N–H and O–H groups in total. The highest BCUT2D eigenvalue weighted by Gasteiger charge is 2.18. The Morgan fingerprint density at radius 2 is 1.96 bits per heavy atom. The highest BCUT2D eigenvalue weighted by atomic mass is 35.5. The molecule has 0 bridgehead atoms. The molecule has 0 spiro atoms. The molecular weight excluding hydrogens is 314 g/mol. The van der Waals surface area contributed by atoms with Gasteiger partial charge in [-0.1, -0.05) is 11.6 Å². The highest BCUT2D eigenvalue weighted by Crippen LogP contribution is 2.36. The van der Waals surface area contributed by atoms with E-state index in [-0.39, 0.29) is 0 Å². The maximum absolute atomic E-state index is 6.16. The van der Waals surface area contributed by atoms with Crippen molar-refractivity contribution in [2.24, 2.45) is 5.73 Å². The Kier molecular flexibility index (Phi) is 3.59. The Labute approximate surface area is 138 Å². The summed E-state index contributed by atoms with van der Waals surface area (Å²) in [5.74, 6) is 1.52. The zero-order valence-electron chi connectivity index (χ0n) is 12.5. The van der Waals surface area contributed by atoms with Crippen molar-refractivity contribution in [2.45, 2.75) is 6.42 Å². The summed E-state index contributed by atoms with van der Waals surface area (Å²) in [6.07, 6.45) is 2.57. The molecule has 0 saturated carbocycles. The predicted octanol–water partition coefficient (Wildman–Crippen LogP) is 2.93. The van der Waals surface area contributed by atoms with Crippen LogP contribution in [-0.2, 0) is 6.42 Å². The molecule has 23 heavy (non-hydrogen) atoms. The average Bonchev–Trinajstić information content (AvgIpc) is 2.92. The topological polar surface area (TPSA) is 61.8 Å². The number of nitrogens with two attached hydrogens (primary N) is 1. The molecule has 0 amide bonds. The van der Waals surface area contributed by atoms with E-state index in [4.69, 9.17) is 26.8 Å². The Morgan fingerprint density at radius 3 is 2.78 bits per heavy atom. The monoisotopic (exact) mass is 329 g/mol. The fourth-order valence-corrected chi connectivity index (χ4v) is 3.04. The fraction of sp³-hybridized carbons (Fsp3) is 0.235. The van der Waals surface area contributed by atoms with Gasteiger partial charge in [-0.3, -0.25) is 4.40 Å². The number of hydrogen-bond acceptors (Lipinski definition) is 4. The van der Waals surface area contributed by atoms with Crippen molar-refractivity contribution in [2.75, 3.05) is 19.8 Å². The van der Waals surface area contributed by atoms with Gasteiger partial charge in [-0.05, 0) is 36.9 Å². The Morgan fingerprint density at radius 1 is 1.13 bits per heavy atom. The van der Waals surface area contributed by atoms with E-state index >= 15 is 0 Å². The summed E-state index contributed by atoms with van der Waals surface area (Å²) in [5.41, 5.74) is 9.55. The van der Waals surface area contributed by atoms with Crippen LogP contribution < -0.4 is 15.2 Å². The van der Waals surface area contributed by atoms with Crippen LogP contribution in [0.3, 0.4) is 0 Å². The van der Waals surface area contributed by atoms with Gasteiger partial charge in [0.2, 0.25) is 0 Å². The first-order valence-corrected chi connectivity index (χ1v) is 7.90. The lowest BCUT2D eigenvalue weighted by Gasteiger charge is -2.19. The smallest absolute Gasteiger partial charge is 0.162 e. The SMILES string of the molecule is NCCc1nc2ccc(Cl)cn2c1-c1ccc2c(c1)OCCO2. The molecule has 2 aromatic heterocycles. The molecule has 0 saturated heterocycles. The molecule has 0 fully saturated rings. The summed E-state index contributed by atoms with van der Waals surface area (Å²) in [7, 11) is 0. The van der Waals surface area contributed by atoms with Crippen LogP contribution in [0, 0.1) is 0 Å². The average molecular weight is 330 g/mol. The fourth-order valence-electron chi connectivity index (χ4n) is 2.87. The Bertz CT molecular complexity index is 876. The second-order valence-electron chi connectivity index (χ2n) is 5.38. The quantitative estimate of drug-likeness (QED) is 0.802. The maximum atomic E-state index is 6.16. The maximum Gasteiger partial charge on any atom is 0.162 e. The third-order valence-corrected chi connectivity index (χ3v) is 4.07. The summed E-state index contributed by atoms with van der Waals surface area (Å²) < 4.78 is 13.3. The molecule has 0 radical (unpaired) electrons. The lowest BCUT2D eigenvalue weighted by Crippen LogP contribution is -2.15. The molecule has 118 valence electrons. The van der Waals surface area contributed by atoms with Crippen molar-refractivity contribution in [3.05, 3.63) is 47.2 Å². The largest absolute Gasteiger partial charge is 0.486 e. The highest BCUT2D eigenvalue weighted by molar-refractivity contribution is 6.30. The number of ether oxygens (including phenoxy) is 2. The number of aromatic nitrogens is 2. The number of rotatable bonds is 3. The van der Waals surface area contributed by atoms with Gasteiger partial charge in [-0.25, -0.2) is 4.98 Å². The molecule has 3 aromatic rings. The zero-order valence-corrected chi connectivity index (χ0v) is 13.2. The number of fused-ring (bicyclic) bond motifs is 2. The van der Waals surface area contributed by atoms with Gasteiger partial charge in [0.1, 0.15) is 18.9 Å². The summed E-state index contributed by atoms with van der Waals surface area (Å²) in [4.78, 5) is 4.68. The van der Waals surface area contributed by atoms with Gasteiger partial charge >= 0.3 is 0 Å².